The van der Waals surface area contributed by atoms with Crippen LogP contribution in [0.4, 0.5) is 0 Å². The molecule has 0 aromatic carbocycles. The lowest BCUT2D eigenvalue weighted by atomic mass is 10.0. The highest BCUT2D eigenvalue weighted by Crippen LogP contribution is 2.29. The average molecular weight is 957 g/mol. The Morgan fingerprint density at radius 1 is 0.554 bits per heavy atom. The van der Waals surface area contributed by atoms with Gasteiger partial charge in [0, 0.05) is 63.4 Å². The van der Waals surface area contributed by atoms with Gasteiger partial charge in [-0.2, -0.15) is 0 Å². The molecule has 0 saturated carbocycles. The van der Waals surface area contributed by atoms with Gasteiger partial charge in [0.05, 0.1) is 25.0 Å². The van der Waals surface area contributed by atoms with Crippen LogP contribution < -0.4 is 21.3 Å². The molecule has 15 nitrogen and oxygen atoms in total. The summed E-state index contributed by atoms with van der Waals surface area (Å²) < 4.78 is 5.19. The minimum atomic E-state index is -1.01. The number of nitrogens with zero attached hydrogens (tertiary/aromatic N) is 2. The molecule has 0 bridgehead atoms. The van der Waals surface area contributed by atoms with Crippen molar-refractivity contribution in [1.82, 2.24) is 31.1 Å². The topological polar surface area (TPSA) is 200 Å². The second-order valence-corrected chi connectivity index (χ2v) is 20.9. The van der Waals surface area contributed by atoms with Gasteiger partial charge in [-0.15, -0.1) is 0 Å². The van der Waals surface area contributed by atoms with Crippen LogP contribution in [0.3, 0.4) is 0 Å². The molecule has 376 valence electrons. The molecule has 0 aliphatic carbocycles. The Morgan fingerprint density at radius 3 is 1.68 bits per heavy atom. The number of likely N-dealkylation sites (N-methyl/N-ethyl adjacent to an activating group) is 2. The summed E-state index contributed by atoms with van der Waals surface area (Å²) in [7, 11) is 6.18. The molecule has 4 N–H and O–H groups in total. The average Bonchev–Trinajstić information content (AvgIpc) is 3.25. The minimum Gasteiger partial charge on any atom is -0.465 e. The highest BCUT2D eigenvalue weighted by Gasteiger charge is 2.27. The van der Waals surface area contributed by atoms with Crippen molar-refractivity contribution >= 4 is 68.8 Å². The maximum Gasteiger partial charge on any atom is 0.308 e. The molecule has 0 heterocycles. The van der Waals surface area contributed by atoms with Crippen molar-refractivity contribution < 1.29 is 43.1 Å². The van der Waals surface area contributed by atoms with Crippen molar-refractivity contribution in [3.63, 3.8) is 0 Å². The highest BCUT2D eigenvalue weighted by molar-refractivity contribution is 8.76. The molecule has 0 aromatic rings. The van der Waals surface area contributed by atoms with E-state index in [2.05, 4.69) is 28.2 Å². The second kappa shape index (κ2) is 38.7. The second-order valence-electron chi connectivity index (χ2n) is 17.9. The van der Waals surface area contributed by atoms with E-state index in [4.69, 9.17) is 4.74 Å². The number of amides is 6. The molecular weight excluding hydrogens is 869 g/mol. The SMILES string of the molecule is CCCCCCCCCCCCCCCC(=O)NCCC(=O)N(C)CC(=O)N[C@@H](CCCCNC(=O)CCC(C)SSCCOC(=O)C(C)C)C(=O)N(C)CC(=O)N[C@@H](C)C(=O)C(C)C. The molecule has 17 heteroatoms. The number of carbonyl (C=O) groups is 8. The lowest BCUT2D eigenvalue weighted by molar-refractivity contribution is -0.146. The van der Waals surface area contributed by atoms with Gasteiger partial charge in [0.1, 0.15) is 12.6 Å². The van der Waals surface area contributed by atoms with E-state index in [0.717, 1.165) is 19.3 Å². The van der Waals surface area contributed by atoms with Gasteiger partial charge < -0.3 is 35.8 Å². The molecule has 0 aliphatic rings. The molecule has 65 heavy (non-hydrogen) atoms. The fraction of sp³-hybridized carbons (Fsp3) is 0.833. The van der Waals surface area contributed by atoms with Gasteiger partial charge in [0.25, 0.3) is 0 Å². The zero-order chi connectivity index (χ0) is 49.0. The normalized spacial score (nSPS) is 12.5. The van der Waals surface area contributed by atoms with E-state index in [0.29, 0.717) is 51.0 Å². The molecule has 0 aliphatic heterocycles. The van der Waals surface area contributed by atoms with E-state index in [1.165, 1.54) is 88.1 Å². The van der Waals surface area contributed by atoms with Gasteiger partial charge in [-0.3, -0.25) is 38.4 Å². The zero-order valence-corrected chi connectivity index (χ0v) is 43.3. The minimum absolute atomic E-state index is 0.0195. The number of hydrogen-bond acceptors (Lipinski definition) is 11. The summed E-state index contributed by atoms with van der Waals surface area (Å²) in [5.41, 5.74) is 0. The molecule has 0 saturated heterocycles. The summed E-state index contributed by atoms with van der Waals surface area (Å²) in [6.45, 7) is 13.2. The van der Waals surface area contributed by atoms with E-state index >= 15 is 0 Å². The quantitative estimate of drug-likeness (QED) is 0.0277. The first-order valence-electron chi connectivity index (χ1n) is 24.5. The van der Waals surface area contributed by atoms with Gasteiger partial charge in [0.2, 0.25) is 35.4 Å². The number of carbonyl (C=O) groups excluding carboxylic acids is 8. The van der Waals surface area contributed by atoms with Crippen molar-refractivity contribution in [2.75, 3.05) is 52.6 Å². The first-order chi connectivity index (χ1) is 30.9. The zero-order valence-electron chi connectivity index (χ0n) is 41.7. The van der Waals surface area contributed by atoms with Gasteiger partial charge in [-0.05, 0) is 39.0 Å². The van der Waals surface area contributed by atoms with Crippen LogP contribution in [-0.2, 0) is 43.1 Å². The van der Waals surface area contributed by atoms with Crippen LogP contribution in [0.25, 0.3) is 0 Å². The number of nitrogens with one attached hydrogen (secondary N) is 4. The highest BCUT2D eigenvalue weighted by atomic mass is 33.1. The Morgan fingerprint density at radius 2 is 1.09 bits per heavy atom. The van der Waals surface area contributed by atoms with Crippen molar-refractivity contribution in [3.05, 3.63) is 0 Å². The molecule has 0 radical (unpaired) electrons. The molecule has 0 rings (SSSR count). The predicted octanol–water partition coefficient (Wildman–Crippen LogP) is 7.14. The predicted molar refractivity (Wildman–Crippen MR) is 264 cm³/mol. The number of ether oxygens (including phenoxy) is 1. The molecule has 6 amide bonds. The first-order valence-corrected chi connectivity index (χ1v) is 26.9. The molecular formula is C48H88N6O9S2. The molecule has 0 aromatic heterocycles. The summed E-state index contributed by atoms with van der Waals surface area (Å²) in [4.78, 5) is 104. The van der Waals surface area contributed by atoms with Crippen LogP contribution in [0.5, 0.6) is 0 Å². The van der Waals surface area contributed by atoms with Crippen LogP contribution in [0.15, 0.2) is 0 Å². The number of rotatable bonds is 40. The van der Waals surface area contributed by atoms with Crippen molar-refractivity contribution in [1.29, 1.82) is 0 Å². The van der Waals surface area contributed by atoms with Crippen LogP contribution in [0.2, 0.25) is 0 Å². The third-order valence-electron chi connectivity index (χ3n) is 10.9. The number of hydrogen-bond donors (Lipinski definition) is 4. The van der Waals surface area contributed by atoms with Crippen LogP contribution in [0.1, 0.15) is 177 Å². The van der Waals surface area contributed by atoms with E-state index in [-0.39, 0.29) is 79.0 Å². The standard InChI is InChI=1S/C48H88N6O9S2/c1-10-11-12-13-14-15-16-17-18-19-20-21-22-26-41(55)50-31-29-45(59)53(8)34-44(58)52-40(47(61)54(9)35-43(57)51-39(7)46(60)36(2)3)25-23-24-30-49-42(56)28-27-38(6)65-64-33-32-63-48(62)37(4)5/h36-40H,10-35H2,1-9H3,(H,49,56)(H,50,55)(H,51,57)(H,52,58)/t38?,39-,40-/m0/s1. The molecule has 1 unspecified atom stereocenters. The molecule has 0 spiro atoms. The monoisotopic (exact) mass is 957 g/mol. The summed E-state index contributed by atoms with van der Waals surface area (Å²) >= 11 is 0. The lowest BCUT2D eigenvalue weighted by Crippen LogP contribution is -2.52. The lowest BCUT2D eigenvalue weighted by Gasteiger charge is -2.26. The third-order valence-corrected chi connectivity index (χ3v) is 13.8. The van der Waals surface area contributed by atoms with Gasteiger partial charge in [-0.25, -0.2) is 0 Å². The van der Waals surface area contributed by atoms with Crippen LogP contribution >= 0.6 is 21.6 Å². The Kier molecular flexibility index (Phi) is 36.7. The summed E-state index contributed by atoms with van der Waals surface area (Å²) in [5.74, 6) is -2.23. The number of ketones is 1. The largest absolute Gasteiger partial charge is 0.465 e. The molecule has 3 atom stereocenters. The van der Waals surface area contributed by atoms with Gasteiger partial charge >= 0.3 is 5.97 Å². The van der Waals surface area contributed by atoms with Crippen molar-refractivity contribution in [2.24, 2.45) is 11.8 Å². The number of unbranched alkanes of at least 4 members (excludes halogenated alkanes) is 13. The Hall–Kier alpha value is -3.34. The van der Waals surface area contributed by atoms with Crippen LogP contribution in [0, 0.1) is 11.8 Å². The van der Waals surface area contributed by atoms with E-state index in [1.807, 2.05) is 6.92 Å². The Bertz CT molecular complexity index is 1400. The van der Waals surface area contributed by atoms with E-state index in [9.17, 15) is 38.4 Å². The number of Topliss-reactive ketones (excluding diaryl/α,β-unsaturated/α-hetero) is 1. The van der Waals surface area contributed by atoms with E-state index < -0.39 is 29.8 Å². The van der Waals surface area contributed by atoms with Crippen molar-refractivity contribution in [3.8, 4) is 0 Å². The fourth-order valence-corrected chi connectivity index (χ4v) is 8.96. The summed E-state index contributed by atoms with van der Waals surface area (Å²) in [6, 6.07) is -1.74. The van der Waals surface area contributed by atoms with Crippen molar-refractivity contribution in [2.45, 2.75) is 194 Å². The number of esters is 1. The Labute approximate surface area is 400 Å². The van der Waals surface area contributed by atoms with E-state index in [1.54, 1.807) is 56.2 Å². The summed E-state index contributed by atoms with van der Waals surface area (Å²) in [5, 5.41) is 11.3. The maximum atomic E-state index is 13.6. The van der Waals surface area contributed by atoms with Gasteiger partial charge in [-0.1, -0.05) is 140 Å². The summed E-state index contributed by atoms with van der Waals surface area (Å²) in [6.07, 6.45) is 18.6. The van der Waals surface area contributed by atoms with Crippen LogP contribution in [-0.4, -0.2) is 127 Å². The fourth-order valence-electron chi connectivity index (χ4n) is 6.79. The smallest absolute Gasteiger partial charge is 0.308 e. The van der Waals surface area contributed by atoms with Gasteiger partial charge in [0.15, 0.2) is 5.78 Å². The third kappa shape index (κ3) is 33.7. The maximum absolute atomic E-state index is 13.6. The molecule has 0 fully saturated rings. The first kappa shape index (κ1) is 61.7. The Balaban J connectivity index is 4.86.